The minimum atomic E-state index is -0.639. The van der Waals surface area contributed by atoms with Crippen LogP contribution in [0.15, 0.2) is 40.3 Å². The van der Waals surface area contributed by atoms with E-state index in [-0.39, 0.29) is 27.2 Å². The molecule has 1 aromatic heterocycles. The maximum Gasteiger partial charge on any atom is 0.270 e. The van der Waals surface area contributed by atoms with Crippen molar-refractivity contribution >= 4 is 52.5 Å². The molecule has 1 fully saturated rings. The minimum absolute atomic E-state index is 0.0649. The SMILES string of the molecule is O=C1NC(=S)NC(=O)C1=Cc1ccc(-c2ccc([N+](=O)[O-])cc2Cl)o1. The van der Waals surface area contributed by atoms with Gasteiger partial charge in [-0.05, 0) is 36.5 Å². The molecule has 10 heteroatoms. The van der Waals surface area contributed by atoms with Gasteiger partial charge in [-0.3, -0.25) is 30.3 Å². The molecule has 1 saturated heterocycles. The Balaban J connectivity index is 1.92. The lowest BCUT2D eigenvalue weighted by molar-refractivity contribution is -0.384. The lowest BCUT2D eigenvalue weighted by atomic mass is 10.1. The summed E-state index contributed by atoms with van der Waals surface area (Å²) in [4.78, 5) is 33.8. The molecule has 3 rings (SSSR count). The Morgan fingerprint density at radius 3 is 2.44 bits per heavy atom. The third-order valence-corrected chi connectivity index (χ3v) is 3.80. The maximum absolute atomic E-state index is 11.8. The molecular weight excluding hydrogens is 370 g/mol. The van der Waals surface area contributed by atoms with Crippen molar-refractivity contribution in [2.24, 2.45) is 0 Å². The molecule has 0 atom stereocenters. The average molecular weight is 378 g/mol. The zero-order valence-electron chi connectivity index (χ0n) is 12.2. The van der Waals surface area contributed by atoms with Crippen LogP contribution >= 0.6 is 23.8 Å². The van der Waals surface area contributed by atoms with E-state index in [1.807, 2.05) is 0 Å². The molecule has 0 unspecified atom stereocenters. The number of thiocarbonyl (C=S) groups is 1. The number of nitro groups is 1. The van der Waals surface area contributed by atoms with E-state index in [1.165, 1.54) is 30.3 Å². The third-order valence-electron chi connectivity index (χ3n) is 3.29. The first-order valence-electron chi connectivity index (χ1n) is 6.77. The van der Waals surface area contributed by atoms with Crippen molar-refractivity contribution < 1.29 is 18.9 Å². The van der Waals surface area contributed by atoms with Gasteiger partial charge >= 0.3 is 0 Å². The molecule has 2 heterocycles. The summed E-state index contributed by atoms with van der Waals surface area (Å²) in [6, 6.07) is 7.07. The van der Waals surface area contributed by atoms with Crippen LogP contribution in [0.2, 0.25) is 5.02 Å². The first-order chi connectivity index (χ1) is 11.8. The van der Waals surface area contributed by atoms with Crippen molar-refractivity contribution in [1.82, 2.24) is 10.6 Å². The third kappa shape index (κ3) is 3.42. The molecule has 0 spiro atoms. The second kappa shape index (κ2) is 6.46. The van der Waals surface area contributed by atoms with Gasteiger partial charge in [0.1, 0.15) is 17.1 Å². The summed E-state index contributed by atoms with van der Waals surface area (Å²) in [6.07, 6.45) is 1.26. The molecular formula is C15H8ClN3O5S. The largest absolute Gasteiger partial charge is 0.457 e. The van der Waals surface area contributed by atoms with E-state index in [2.05, 4.69) is 10.6 Å². The molecule has 0 radical (unpaired) electrons. The molecule has 0 bridgehead atoms. The number of benzene rings is 1. The average Bonchev–Trinajstić information content (AvgIpc) is 2.99. The molecule has 2 N–H and O–H groups in total. The van der Waals surface area contributed by atoms with E-state index in [9.17, 15) is 19.7 Å². The zero-order chi connectivity index (χ0) is 18.1. The van der Waals surface area contributed by atoms with E-state index in [0.29, 0.717) is 11.3 Å². The Morgan fingerprint density at radius 2 is 1.84 bits per heavy atom. The number of hydrogen-bond acceptors (Lipinski definition) is 6. The van der Waals surface area contributed by atoms with Crippen molar-refractivity contribution in [3.05, 3.63) is 56.8 Å². The molecule has 8 nitrogen and oxygen atoms in total. The van der Waals surface area contributed by atoms with Crippen LogP contribution < -0.4 is 10.6 Å². The van der Waals surface area contributed by atoms with Gasteiger partial charge in [-0.1, -0.05) is 11.6 Å². The molecule has 2 amide bonds. The van der Waals surface area contributed by atoms with Crippen LogP contribution in [0.25, 0.3) is 17.4 Å². The Kier molecular flexibility index (Phi) is 4.34. The van der Waals surface area contributed by atoms with Crippen molar-refractivity contribution in [3.63, 3.8) is 0 Å². The smallest absolute Gasteiger partial charge is 0.270 e. The lowest BCUT2D eigenvalue weighted by Crippen LogP contribution is -2.51. The molecule has 1 aliphatic heterocycles. The Labute approximate surface area is 150 Å². The highest BCUT2D eigenvalue weighted by atomic mass is 35.5. The number of nitrogens with one attached hydrogen (secondary N) is 2. The number of nitrogens with zero attached hydrogens (tertiary/aromatic N) is 1. The van der Waals surface area contributed by atoms with E-state index >= 15 is 0 Å². The maximum atomic E-state index is 11.8. The molecule has 0 aliphatic carbocycles. The standard InChI is InChI=1S/C15H8ClN3O5S/c16-11-5-7(19(22)23)1-3-9(11)12-4-2-8(24-12)6-10-13(20)17-15(25)18-14(10)21/h1-6H,(H2,17,18,20,21,25). The van der Waals surface area contributed by atoms with Crippen LogP contribution in [-0.4, -0.2) is 21.9 Å². The quantitative estimate of drug-likeness (QED) is 0.279. The van der Waals surface area contributed by atoms with E-state index in [0.717, 1.165) is 0 Å². The van der Waals surface area contributed by atoms with Crippen LogP contribution in [0.3, 0.4) is 0 Å². The highest BCUT2D eigenvalue weighted by molar-refractivity contribution is 7.80. The van der Waals surface area contributed by atoms with Crippen LogP contribution in [0.4, 0.5) is 5.69 Å². The first kappa shape index (κ1) is 16.8. The fourth-order valence-corrected chi connectivity index (χ4v) is 2.59. The van der Waals surface area contributed by atoms with Gasteiger partial charge in [-0.25, -0.2) is 0 Å². The molecule has 25 heavy (non-hydrogen) atoms. The van der Waals surface area contributed by atoms with Gasteiger partial charge in [0.05, 0.1) is 9.95 Å². The van der Waals surface area contributed by atoms with E-state index < -0.39 is 16.7 Å². The van der Waals surface area contributed by atoms with Crippen molar-refractivity contribution in [1.29, 1.82) is 0 Å². The highest BCUT2D eigenvalue weighted by Crippen LogP contribution is 2.32. The number of amides is 2. The van der Waals surface area contributed by atoms with Crippen molar-refractivity contribution in [3.8, 4) is 11.3 Å². The van der Waals surface area contributed by atoms with Gasteiger partial charge in [0.25, 0.3) is 17.5 Å². The fraction of sp³-hybridized carbons (Fsp3) is 0. The van der Waals surface area contributed by atoms with E-state index in [4.69, 9.17) is 28.2 Å². The summed E-state index contributed by atoms with van der Waals surface area (Å²) in [5.41, 5.74) is 0.133. The highest BCUT2D eigenvalue weighted by Gasteiger charge is 2.26. The number of carbonyl (C=O) groups excluding carboxylic acids is 2. The van der Waals surface area contributed by atoms with Crippen molar-refractivity contribution in [2.75, 3.05) is 0 Å². The van der Waals surface area contributed by atoms with Gasteiger partial charge in [0.2, 0.25) is 0 Å². The number of furan rings is 1. The van der Waals surface area contributed by atoms with Gasteiger partial charge in [-0.2, -0.15) is 0 Å². The van der Waals surface area contributed by atoms with Gasteiger partial charge in [0.15, 0.2) is 5.11 Å². The predicted octanol–water partition coefficient (Wildman–Crippen LogP) is 2.42. The zero-order valence-corrected chi connectivity index (χ0v) is 13.8. The summed E-state index contributed by atoms with van der Waals surface area (Å²) in [5, 5.41) is 15.4. The first-order valence-corrected chi connectivity index (χ1v) is 7.56. The van der Waals surface area contributed by atoms with Crippen LogP contribution in [0.1, 0.15) is 5.76 Å². The topological polar surface area (TPSA) is 114 Å². The summed E-state index contributed by atoms with van der Waals surface area (Å²) in [5.74, 6) is -0.712. The van der Waals surface area contributed by atoms with Crippen LogP contribution in [-0.2, 0) is 9.59 Å². The van der Waals surface area contributed by atoms with Gasteiger partial charge in [-0.15, -0.1) is 0 Å². The number of halogens is 1. The predicted molar refractivity (Wildman–Crippen MR) is 92.7 cm³/mol. The number of rotatable bonds is 3. The summed E-state index contributed by atoms with van der Waals surface area (Å²) in [6.45, 7) is 0. The van der Waals surface area contributed by atoms with Gasteiger partial charge in [0, 0.05) is 17.7 Å². The van der Waals surface area contributed by atoms with Crippen LogP contribution in [0.5, 0.6) is 0 Å². The molecule has 1 aromatic carbocycles. The summed E-state index contributed by atoms with van der Waals surface area (Å²) >= 11 is 10.8. The van der Waals surface area contributed by atoms with E-state index in [1.54, 1.807) is 6.07 Å². The number of carbonyl (C=O) groups is 2. The monoisotopic (exact) mass is 377 g/mol. The molecule has 126 valence electrons. The Bertz CT molecular complexity index is 944. The summed E-state index contributed by atoms with van der Waals surface area (Å²) < 4.78 is 5.55. The Morgan fingerprint density at radius 1 is 1.16 bits per heavy atom. The minimum Gasteiger partial charge on any atom is -0.457 e. The van der Waals surface area contributed by atoms with Gasteiger partial charge < -0.3 is 4.42 Å². The second-order valence-corrected chi connectivity index (χ2v) is 5.73. The van der Waals surface area contributed by atoms with Crippen LogP contribution in [0, 0.1) is 10.1 Å². The number of non-ortho nitro benzene ring substituents is 1. The molecule has 0 saturated carbocycles. The molecule has 1 aliphatic rings. The summed E-state index contributed by atoms with van der Waals surface area (Å²) in [7, 11) is 0. The molecule has 2 aromatic rings. The normalized spacial score (nSPS) is 14.1. The number of hydrogen-bond donors (Lipinski definition) is 2. The Hall–Kier alpha value is -3.04. The fourth-order valence-electron chi connectivity index (χ4n) is 2.14. The number of nitro benzene ring substituents is 1. The second-order valence-electron chi connectivity index (χ2n) is 4.92. The van der Waals surface area contributed by atoms with Crippen molar-refractivity contribution in [2.45, 2.75) is 0 Å². The lowest BCUT2D eigenvalue weighted by Gasteiger charge is -2.15.